The van der Waals surface area contributed by atoms with Crippen LogP contribution < -0.4 is 9.80 Å². The van der Waals surface area contributed by atoms with Crippen LogP contribution in [-0.4, -0.2) is 44.6 Å². The first-order valence-electron chi connectivity index (χ1n) is 9.68. The maximum atomic E-state index is 12.2. The Morgan fingerprint density at radius 1 is 0.871 bits per heavy atom. The van der Waals surface area contributed by atoms with E-state index in [2.05, 4.69) is 4.99 Å². The Labute approximate surface area is 181 Å². The molecule has 0 aliphatic heterocycles. The summed E-state index contributed by atoms with van der Waals surface area (Å²) < 4.78 is 0. The molecule has 158 valence electrons. The predicted molar refractivity (Wildman–Crippen MR) is 124 cm³/mol. The number of hydrogen-bond acceptors (Lipinski definition) is 6. The molecular weight excluding hydrogens is 392 g/mol. The van der Waals surface area contributed by atoms with Crippen molar-refractivity contribution in [3.8, 4) is 0 Å². The van der Waals surface area contributed by atoms with Crippen LogP contribution in [-0.2, 0) is 4.79 Å². The first-order valence-corrected chi connectivity index (χ1v) is 9.68. The second kappa shape index (κ2) is 9.21. The first-order chi connectivity index (χ1) is 14.8. The summed E-state index contributed by atoms with van der Waals surface area (Å²) in [6.45, 7) is 0. The standard InChI is InChI=1S/C24H24N4O3/c1-26(2)20-9-5-17(6-10-20)24(18-7-11-21(12-8-18)27(3)4)25-16-19-15-22(28(30)31)13-14-23(19)29/h5-16H,1-4H3/b19-16-. The van der Waals surface area contributed by atoms with E-state index in [-0.39, 0.29) is 17.1 Å². The van der Waals surface area contributed by atoms with Gasteiger partial charge in [-0.15, -0.1) is 0 Å². The van der Waals surface area contributed by atoms with Gasteiger partial charge in [0.15, 0.2) is 5.78 Å². The molecule has 0 unspecified atom stereocenters. The van der Waals surface area contributed by atoms with Gasteiger partial charge in [-0.05, 0) is 30.3 Å². The van der Waals surface area contributed by atoms with Gasteiger partial charge in [-0.2, -0.15) is 0 Å². The van der Waals surface area contributed by atoms with Crippen LogP contribution in [0.2, 0.25) is 0 Å². The Morgan fingerprint density at radius 3 is 1.77 bits per heavy atom. The Bertz CT molecular complexity index is 1050. The molecule has 0 radical (unpaired) electrons. The summed E-state index contributed by atoms with van der Waals surface area (Å²) in [6.07, 6.45) is 5.03. The van der Waals surface area contributed by atoms with Gasteiger partial charge in [0.25, 0.3) is 5.70 Å². The SMILES string of the molecule is CN(C)c1ccc(C(=N/C=C2/C=C([N+](=O)[O-])C=CC2=O)c2ccc(N(C)C)cc2)cc1. The van der Waals surface area contributed by atoms with E-state index in [4.69, 9.17) is 0 Å². The molecule has 7 nitrogen and oxygen atoms in total. The van der Waals surface area contributed by atoms with E-state index in [1.54, 1.807) is 0 Å². The molecule has 0 bridgehead atoms. The molecule has 0 saturated carbocycles. The van der Waals surface area contributed by atoms with Crippen molar-refractivity contribution in [3.05, 3.63) is 105 Å². The second-order valence-corrected chi connectivity index (χ2v) is 7.47. The zero-order valence-corrected chi connectivity index (χ0v) is 17.9. The lowest BCUT2D eigenvalue weighted by molar-refractivity contribution is -0.419. The van der Waals surface area contributed by atoms with Crippen molar-refractivity contribution in [1.82, 2.24) is 0 Å². The monoisotopic (exact) mass is 416 g/mol. The molecule has 2 aromatic rings. The normalized spacial score (nSPS) is 14.3. The van der Waals surface area contributed by atoms with E-state index in [0.29, 0.717) is 5.71 Å². The predicted octanol–water partition coefficient (Wildman–Crippen LogP) is 3.84. The lowest BCUT2D eigenvalue weighted by atomic mass is 10.0. The van der Waals surface area contributed by atoms with Crippen molar-refractivity contribution >= 4 is 22.9 Å². The fourth-order valence-electron chi connectivity index (χ4n) is 3.04. The number of rotatable bonds is 6. The number of hydrogen-bond donors (Lipinski definition) is 0. The Morgan fingerprint density at radius 2 is 1.35 bits per heavy atom. The smallest absolute Gasteiger partial charge is 0.270 e. The molecule has 0 saturated heterocycles. The van der Waals surface area contributed by atoms with E-state index in [1.807, 2.05) is 86.5 Å². The average Bonchev–Trinajstić information content (AvgIpc) is 2.75. The van der Waals surface area contributed by atoms with E-state index in [0.717, 1.165) is 22.5 Å². The second-order valence-electron chi connectivity index (χ2n) is 7.47. The molecule has 0 heterocycles. The maximum Gasteiger partial charge on any atom is 0.270 e. The number of benzene rings is 2. The molecule has 3 rings (SSSR count). The minimum absolute atomic E-state index is 0.145. The topological polar surface area (TPSA) is 79.0 Å². The maximum absolute atomic E-state index is 12.2. The molecule has 0 N–H and O–H groups in total. The molecule has 1 aliphatic carbocycles. The molecular formula is C24H24N4O3. The van der Waals surface area contributed by atoms with Crippen molar-refractivity contribution in [2.24, 2.45) is 4.99 Å². The van der Waals surface area contributed by atoms with E-state index >= 15 is 0 Å². The van der Waals surface area contributed by atoms with Crippen molar-refractivity contribution in [2.45, 2.75) is 0 Å². The molecule has 0 amide bonds. The highest BCUT2D eigenvalue weighted by atomic mass is 16.6. The lowest BCUT2D eigenvalue weighted by Crippen LogP contribution is -2.11. The summed E-state index contributed by atoms with van der Waals surface area (Å²) in [5.41, 5.74) is 4.54. The van der Waals surface area contributed by atoms with Crippen molar-refractivity contribution in [2.75, 3.05) is 38.0 Å². The zero-order chi connectivity index (χ0) is 22.5. The summed E-state index contributed by atoms with van der Waals surface area (Å²) >= 11 is 0. The van der Waals surface area contributed by atoms with Gasteiger partial charge >= 0.3 is 0 Å². The fourth-order valence-corrected chi connectivity index (χ4v) is 3.04. The Kier molecular flexibility index (Phi) is 6.45. The molecule has 0 atom stereocenters. The Balaban J connectivity index is 2.08. The third kappa shape index (κ3) is 5.14. The minimum Gasteiger partial charge on any atom is -0.378 e. The molecule has 1 aliphatic rings. The summed E-state index contributed by atoms with van der Waals surface area (Å²) in [4.78, 5) is 31.3. The third-order valence-electron chi connectivity index (χ3n) is 4.85. The zero-order valence-electron chi connectivity index (χ0n) is 17.9. The number of allylic oxidation sites excluding steroid dienone is 4. The van der Waals surface area contributed by atoms with Gasteiger partial charge in [0, 0.05) is 74.6 Å². The summed E-state index contributed by atoms with van der Waals surface area (Å²) in [7, 11) is 7.87. The average molecular weight is 416 g/mol. The number of nitro groups is 1. The van der Waals surface area contributed by atoms with Crippen LogP contribution in [0.5, 0.6) is 0 Å². The number of anilines is 2. The van der Waals surface area contributed by atoms with Crippen molar-refractivity contribution in [3.63, 3.8) is 0 Å². The summed E-state index contributed by atoms with van der Waals surface area (Å²) in [5, 5.41) is 11.1. The van der Waals surface area contributed by atoms with E-state index in [1.165, 1.54) is 24.4 Å². The van der Waals surface area contributed by atoms with Crippen LogP contribution in [0.1, 0.15) is 11.1 Å². The minimum atomic E-state index is -0.526. The van der Waals surface area contributed by atoms with Crippen molar-refractivity contribution < 1.29 is 9.72 Å². The highest BCUT2D eigenvalue weighted by Crippen LogP contribution is 2.20. The van der Waals surface area contributed by atoms with Crippen molar-refractivity contribution in [1.29, 1.82) is 0 Å². The fraction of sp³-hybridized carbons (Fsp3) is 0.167. The largest absolute Gasteiger partial charge is 0.378 e. The quantitative estimate of drug-likeness (QED) is 0.309. The molecule has 31 heavy (non-hydrogen) atoms. The number of ketones is 1. The summed E-state index contributed by atoms with van der Waals surface area (Å²) in [6, 6.07) is 15.8. The van der Waals surface area contributed by atoms with Crippen LogP contribution in [0.25, 0.3) is 0 Å². The van der Waals surface area contributed by atoms with Gasteiger partial charge in [0.05, 0.1) is 10.6 Å². The molecule has 0 aromatic heterocycles. The lowest BCUT2D eigenvalue weighted by Gasteiger charge is -2.15. The van der Waals surface area contributed by atoms with Crippen LogP contribution in [0.15, 0.2) is 89.2 Å². The van der Waals surface area contributed by atoms with Gasteiger partial charge in [0.2, 0.25) is 0 Å². The van der Waals surface area contributed by atoms with Crippen LogP contribution in [0, 0.1) is 10.1 Å². The molecule has 2 aromatic carbocycles. The van der Waals surface area contributed by atoms with Crippen LogP contribution >= 0.6 is 0 Å². The van der Waals surface area contributed by atoms with Gasteiger partial charge < -0.3 is 9.80 Å². The molecule has 7 heteroatoms. The number of carbonyl (C=O) groups is 1. The van der Waals surface area contributed by atoms with Crippen LogP contribution in [0.3, 0.4) is 0 Å². The number of carbonyl (C=O) groups excluding carboxylic acids is 1. The number of aliphatic imine (C=N–C) groups is 1. The van der Waals surface area contributed by atoms with Crippen LogP contribution in [0.4, 0.5) is 11.4 Å². The molecule has 0 fully saturated rings. The highest BCUT2D eigenvalue weighted by Gasteiger charge is 2.17. The first kappa shape index (κ1) is 21.7. The van der Waals surface area contributed by atoms with E-state index in [9.17, 15) is 14.9 Å². The molecule has 0 spiro atoms. The van der Waals surface area contributed by atoms with Gasteiger partial charge in [-0.3, -0.25) is 19.9 Å². The highest BCUT2D eigenvalue weighted by molar-refractivity contribution is 6.14. The van der Waals surface area contributed by atoms with Gasteiger partial charge in [-0.1, -0.05) is 24.3 Å². The third-order valence-corrected chi connectivity index (χ3v) is 4.85. The van der Waals surface area contributed by atoms with E-state index < -0.39 is 4.92 Å². The van der Waals surface area contributed by atoms with Gasteiger partial charge in [-0.25, -0.2) is 0 Å². The van der Waals surface area contributed by atoms with Gasteiger partial charge in [0.1, 0.15) is 0 Å². The summed E-state index contributed by atoms with van der Waals surface area (Å²) in [5.74, 6) is -0.320. The number of nitrogens with zero attached hydrogens (tertiary/aromatic N) is 4. The Hall–Kier alpha value is -4.00.